The van der Waals surface area contributed by atoms with E-state index in [-0.39, 0.29) is 17.8 Å². The minimum atomic E-state index is -0.256. The Labute approximate surface area is 173 Å². The highest BCUT2D eigenvalue weighted by molar-refractivity contribution is 7.18. The molecule has 2 aromatic heterocycles. The van der Waals surface area contributed by atoms with Crippen LogP contribution >= 0.6 is 11.3 Å². The van der Waals surface area contributed by atoms with E-state index in [1.165, 1.54) is 15.9 Å². The van der Waals surface area contributed by atoms with Gasteiger partial charge in [0.15, 0.2) is 0 Å². The molecular weight excluding hydrogens is 380 g/mol. The fourth-order valence-corrected chi connectivity index (χ4v) is 4.83. The number of nitrogens with zero attached hydrogens (tertiary/aromatic N) is 2. The normalized spacial score (nSPS) is 11.3. The fourth-order valence-electron chi connectivity index (χ4n) is 3.69. The molecule has 4 nitrogen and oxygen atoms in total. The van der Waals surface area contributed by atoms with E-state index < -0.39 is 0 Å². The van der Waals surface area contributed by atoms with Crippen molar-refractivity contribution in [2.75, 3.05) is 0 Å². The molecule has 4 rings (SSSR count). The Morgan fingerprint density at radius 3 is 2.31 bits per heavy atom. The number of aromatic nitrogens is 2. The molecule has 0 aliphatic carbocycles. The van der Waals surface area contributed by atoms with Gasteiger partial charge in [-0.05, 0) is 49.9 Å². The molecule has 4 aromatic rings. The fraction of sp³-hybridized carbons (Fsp3) is 0.250. The SMILES string of the molecule is Cc1ccc(C)c(Cn2c(=O)n(Cc3ccccc3)c(=O)c3c(C)c(C)sc32)c1. The number of hydrogen-bond donors (Lipinski definition) is 0. The highest BCUT2D eigenvalue weighted by Gasteiger charge is 2.19. The first kappa shape index (κ1) is 19.4. The Morgan fingerprint density at radius 2 is 1.59 bits per heavy atom. The summed E-state index contributed by atoms with van der Waals surface area (Å²) in [5.74, 6) is 0. The second kappa shape index (κ2) is 7.48. The summed E-state index contributed by atoms with van der Waals surface area (Å²) < 4.78 is 3.15. The monoisotopic (exact) mass is 404 g/mol. The van der Waals surface area contributed by atoms with E-state index in [9.17, 15) is 9.59 Å². The van der Waals surface area contributed by atoms with Gasteiger partial charge in [-0.1, -0.05) is 54.1 Å². The van der Waals surface area contributed by atoms with Gasteiger partial charge in [0.25, 0.3) is 5.56 Å². The Hall–Kier alpha value is -2.92. The van der Waals surface area contributed by atoms with Gasteiger partial charge in [0.1, 0.15) is 4.83 Å². The molecule has 0 unspecified atom stereocenters. The summed E-state index contributed by atoms with van der Waals surface area (Å²) in [5, 5.41) is 0.660. The van der Waals surface area contributed by atoms with Crippen molar-refractivity contribution in [2.24, 2.45) is 0 Å². The van der Waals surface area contributed by atoms with Gasteiger partial charge < -0.3 is 0 Å². The molecule has 0 bridgehead atoms. The van der Waals surface area contributed by atoms with Crippen LogP contribution in [0.15, 0.2) is 58.1 Å². The molecule has 0 saturated heterocycles. The van der Waals surface area contributed by atoms with Crippen LogP contribution in [0.4, 0.5) is 0 Å². The van der Waals surface area contributed by atoms with Crippen LogP contribution in [0.5, 0.6) is 0 Å². The summed E-state index contributed by atoms with van der Waals surface area (Å²) in [6, 6.07) is 15.9. The zero-order valence-electron chi connectivity index (χ0n) is 17.2. The van der Waals surface area contributed by atoms with E-state index in [0.29, 0.717) is 11.9 Å². The minimum Gasteiger partial charge on any atom is -0.280 e. The Balaban J connectivity index is 1.98. The minimum absolute atomic E-state index is 0.201. The first-order valence-corrected chi connectivity index (χ1v) is 10.5. The van der Waals surface area contributed by atoms with Crippen LogP contribution in [0.25, 0.3) is 10.2 Å². The summed E-state index contributed by atoms with van der Waals surface area (Å²) in [6.07, 6.45) is 0. The number of aryl methyl sites for hydroxylation is 4. The van der Waals surface area contributed by atoms with Gasteiger partial charge in [-0.15, -0.1) is 11.3 Å². The van der Waals surface area contributed by atoms with Crippen LogP contribution in [-0.2, 0) is 13.1 Å². The maximum absolute atomic E-state index is 13.5. The first-order valence-electron chi connectivity index (χ1n) is 9.70. The van der Waals surface area contributed by atoms with Crippen molar-refractivity contribution in [2.45, 2.75) is 40.8 Å². The molecular formula is C24H24N2O2S. The lowest BCUT2D eigenvalue weighted by Crippen LogP contribution is -2.40. The van der Waals surface area contributed by atoms with E-state index >= 15 is 0 Å². The van der Waals surface area contributed by atoms with Crippen molar-refractivity contribution in [3.05, 3.63) is 102 Å². The zero-order valence-corrected chi connectivity index (χ0v) is 18.0. The Kier molecular flexibility index (Phi) is 5.01. The largest absolute Gasteiger partial charge is 0.332 e. The molecule has 29 heavy (non-hydrogen) atoms. The average Bonchev–Trinajstić information content (AvgIpc) is 3.00. The van der Waals surface area contributed by atoms with Crippen LogP contribution in [-0.4, -0.2) is 9.13 Å². The Morgan fingerprint density at radius 1 is 0.862 bits per heavy atom. The second-order valence-electron chi connectivity index (χ2n) is 7.64. The van der Waals surface area contributed by atoms with Crippen LogP contribution in [0.2, 0.25) is 0 Å². The van der Waals surface area contributed by atoms with E-state index in [1.54, 1.807) is 4.57 Å². The molecule has 148 valence electrons. The van der Waals surface area contributed by atoms with Crippen molar-refractivity contribution in [1.82, 2.24) is 9.13 Å². The van der Waals surface area contributed by atoms with E-state index in [0.717, 1.165) is 37.5 Å². The zero-order chi connectivity index (χ0) is 20.7. The summed E-state index contributed by atoms with van der Waals surface area (Å²) in [4.78, 5) is 28.6. The summed E-state index contributed by atoms with van der Waals surface area (Å²) in [5.41, 5.74) is 4.84. The maximum atomic E-state index is 13.5. The van der Waals surface area contributed by atoms with Crippen molar-refractivity contribution in [3.63, 3.8) is 0 Å². The predicted octanol–water partition coefficient (Wildman–Crippen LogP) is 4.55. The summed E-state index contributed by atoms with van der Waals surface area (Å²) in [7, 11) is 0. The van der Waals surface area contributed by atoms with Gasteiger partial charge in [0.05, 0.1) is 18.5 Å². The number of rotatable bonds is 4. The molecule has 0 amide bonds. The van der Waals surface area contributed by atoms with E-state index in [1.807, 2.05) is 44.2 Å². The molecule has 5 heteroatoms. The molecule has 0 saturated carbocycles. The van der Waals surface area contributed by atoms with Crippen molar-refractivity contribution >= 4 is 21.6 Å². The third-order valence-corrected chi connectivity index (χ3v) is 6.78. The molecule has 0 spiro atoms. The second-order valence-corrected chi connectivity index (χ2v) is 8.84. The van der Waals surface area contributed by atoms with Crippen LogP contribution in [0.1, 0.15) is 32.7 Å². The standard InChI is InChI=1S/C24H24N2O2S/c1-15-10-11-16(2)20(12-15)14-26-23-21(17(3)18(4)29-23)22(27)25(24(26)28)13-19-8-6-5-7-9-19/h5-12H,13-14H2,1-4H3. The Bertz CT molecular complexity index is 1330. The van der Waals surface area contributed by atoms with Gasteiger partial charge in [-0.2, -0.15) is 0 Å². The molecule has 2 aromatic carbocycles. The predicted molar refractivity (Wildman–Crippen MR) is 120 cm³/mol. The van der Waals surface area contributed by atoms with Crippen LogP contribution < -0.4 is 11.2 Å². The number of fused-ring (bicyclic) bond motifs is 1. The molecule has 0 aliphatic rings. The molecule has 0 fully saturated rings. The lowest BCUT2D eigenvalue weighted by molar-refractivity contribution is 0.636. The van der Waals surface area contributed by atoms with Gasteiger partial charge >= 0.3 is 5.69 Å². The lowest BCUT2D eigenvalue weighted by atomic mass is 10.1. The van der Waals surface area contributed by atoms with Crippen molar-refractivity contribution in [3.8, 4) is 0 Å². The summed E-state index contributed by atoms with van der Waals surface area (Å²) >= 11 is 1.53. The number of thiophene rings is 1. The van der Waals surface area contributed by atoms with Gasteiger partial charge in [0, 0.05) is 4.88 Å². The van der Waals surface area contributed by atoms with Crippen molar-refractivity contribution < 1.29 is 0 Å². The lowest BCUT2D eigenvalue weighted by Gasteiger charge is -2.14. The highest BCUT2D eigenvalue weighted by atomic mass is 32.1. The third kappa shape index (κ3) is 3.47. The van der Waals surface area contributed by atoms with Crippen molar-refractivity contribution in [1.29, 1.82) is 0 Å². The van der Waals surface area contributed by atoms with E-state index in [4.69, 9.17) is 0 Å². The van der Waals surface area contributed by atoms with Crippen LogP contribution in [0, 0.1) is 27.7 Å². The number of benzene rings is 2. The number of hydrogen-bond acceptors (Lipinski definition) is 3. The topological polar surface area (TPSA) is 44.0 Å². The van der Waals surface area contributed by atoms with Gasteiger partial charge in [0.2, 0.25) is 0 Å². The van der Waals surface area contributed by atoms with Gasteiger partial charge in [-0.3, -0.25) is 13.9 Å². The molecule has 0 N–H and O–H groups in total. The first-order chi connectivity index (χ1) is 13.9. The molecule has 2 heterocycles. The maximum Gasteiger partial charge on any atom is 0.332 e. The molecule has 0 radical (unpaired) electrons. The third-order valence-electron chi connectivity index (χ3n) is 5.55. The quantitative estimate of drug-likeness (QED) is 0.501. The van der Waals surface area contributed by atoms with E-state index in [2.05, 4.69) is 32.0 Å². The smallest absolute Gasteiger partial charge is 0.280 e. The van der Waals surface area contributed by atoms with Crippen LogP contribution in [0.3, 0.4) is 0 Å². The summed E-state index contributed by atoms with van der Waals surface area (Å²) in [6.45, 7) is 8.81. The molecule has 0 atom stereocenters. The average molecular weight is 405 g/mol. The highest BCUT2D eigenvalue weighted by Crippen LogP contribution is 2.27. The molecule has 0 aliphatic heterocycles. The van der Waals surface area contributed by atoms with Gasteiger partial charge in [-0.25, -0.2) is 4.79 Å².